The summed E-state index contributed by atoms with van der Waals surface area (Å²) >= 11 is 3.52. The van der Waals surface area contributed by atoms with Crippen molar-refractivity contribution in [2.45, 2.75) is 12.0 Å². The highest BCUT2D eigenvalue weighted by molar-refractivity contribution is 9.09. The van der Waals surface area contributed by atoms with E-state index in [0.717, 1.165) is 6.54 Å². The van der Waals surface area contributed by atoms with Crippen molar-refractivity contribution in [1.29, 1.82) is 0 Å². The van der Waals surface area contributed by atoms with E-state index in [2.05, 4.69) is 45.1 Å². The zero-order chi connectivity index (χ0) is 6.85. The van der Waals surface area contributed by atoms with Crippen LogP contribution in [0.4, 0.5) is 0 Å². The molecule has 52 valence electrons. The van der Waals surface area contributed by atoms with Crippen LogP contribution in [0, 0.1) is 0 Å². The lowest BCUT2D eigenvalue weighted by molar-refractivity contribution is 0.279. The molecule has 0 aromatic rings. The van der Waals surface area contributed by atoms with Crippen LogP contribution in [-0.2, 0) is 0 Å². The summed E-state index contributed by atoms with van der Waals surface area (Å²) in [4.78, 5) is 4.32. The van der Waals surface area contributed by atoms with Crippen LogP contribution in [0.2, 0.25) is 0 Å². The monoisotopic (exact) mass is 190 g/mol. The molecule has 1 aliphatic rings. The molecule has 9 heavy (non-hydrogen) atoms. The molecular weight excluding hydrogens is 180 g/mol. The van der Waals surface area contributed by atoms with Gasteiger partial charge in [-0.05, 0) is 22.9 Å². The molecule has 0 bridgehead atoms. The Labute approximate surface area is 64.3 Å². The van der Waals surface area contributed by atoms with Crippen molar-refractivity contribution in [3.63, 3.8) is 0 Å². The van der Waals surface area contributed by atoms with Crippen molar-refractivity contribution in [2.75, 3.05) is 13.6 Å². The molecule has 1 aliphatic heterocycles. The fourth-order valence-electron chi connectivity index (χ4n) is 0.823. The minimum atomic E-state index is 0.363. The third kappa shape index (κ3) is 1.21. The first kappa shape index (κ1) is 6.93. The molecular formula is C6H11BrN2. The summed E-state index contributed by atoms with van der Waals surface area (Å²) in [5.41, 5.74) is 0. The lowest BCUT2D eigenvalue weighted by Crippen LogP contribution is -2.30. The number of nitrogens with zero attached hydrogens (tertiary/aromatic N) is 2. The second kappa shape index (κ2) is 2.60. The van der Waals surface area contributed by atoms with Crippen LogP contribution in [0.1, 0.15) is 6.92 Å². The van der Waals surface area contributed by atoms with Crippen LogP contribution in [0.5, 0.6) is 0 Å². The van der Waals surface area contributed by atoms with Gasteiger partial charge in [-0.25, -0.2) is 0 Å². The summed E-state index contributed by atoms with van der Waals surface area (Å²) in [7, 11) is 2.05. The number of alkyl halides is 1. The summed E-state index contributed by atoms with van der Waals surface area (Å²) in [6, 6.07) is 0. The van der Waals surface area contributed by atoms with Gasteiger partial charge in [0.1, 0.15) is 0 Å². The molecule has 0 N–H and O–H groups in total. The average molecular weight is 191 g/mol. The molecule has 0 radical (unpaired) electrons. The molecule has 0 saturated carbocycles. The van der Waals surface area contributed by atoms with E-state index in [1.165, 1.54) is 0 Å². The number of rotatable bonds is 1. The Bertz CT molecular complexity index is 124. The van der Waals surface area contributed by atoms with E-state index in [-0.39, 0.29) is 0 Å². The minimum Gasteiger partial charge on any atom is -0.350 e. The van der Waals surface area contributed by atoms with Gasteiger partial charge in [0.2, 0.25) is 0 Å². The lowest BCUT2D eigenvalue weighted by atomic mass is 10.6. The van der Waals surface area contributed by atoms with E-state index in [4.69, 9.17) is 0 Å². The third-order valence-corrected chi connectivity index (χ3v) is 2.64. The average Bonchev–Trinajstić information content (AvgIpc) is 2.15. The van der Waals surface area contributed by atoms with E-state index in [9.17, 15) is 0 Å². The molecule has 1 rings (SSSR count). The molecule has 0 aromatic carbocycles. The summed E-state index contributed by atoms with van der Waals surface area (Å²) in [6.07, 6.45) is 4.14. The molecule has 0 saturated heterocycles. The van der Waals surface area contributed by atoms with Gasteiger partial charge < -0.3 is 9.80 Å². The van der Waals surface area contributed by atoms with Crippen LogP contribution < -0.4 is 0 Å². The second-order valence-electron chi connectivity index (χ2n) is 2.10. The number of halogens is 1. The molecule has 3 heteroatoms. The molecule has 1 atom stereocenters. The Morgan fingerprint density at radius 3 is 2.44 bits per heavy atom. The Balaban J connectivity index is 2.51. The van der Waals surface area contributed by atoms with Crippen LogP contribution in [0.3, 0.4) is 0 Å². The van der Waals surface area contributed by atoms with Crippen molar-refractivity contribution in [2.24, 2.45) is 0 Å². The van der Waals surface area contributed by atoms with E-state index in [0.29, 0.717) is 5.08 Å². The highest BCUT2D eigenvalue weighted by Crippen LogP contribution is 2.17. The second-order valence-corrected chi connectivity index (χ2v) is 2.92. The van der Waals surface area contributed by atoms with Gasteiger partial charge in [0.25, 0.3) is 0 Å². The normalized spacial score (nSPS) is 25.9. The zero-order valence-corrected chi connectivity index (χ0v) is 7.30. The van der Waals surface area contributed by atoms with Crippen LogP contribution in [0.15, 0.2) is 12.4 Å². The Morgan fingerprint density at radius 1 is 1.56 bits per heavy atom. The van der Waals surface area contributed by atoms with Crippen LogP contribution in [-0.4, -0.2) is 28.5 Å². The predicted octanol–water partition coefficient (Wildman–Crippen LogP) is 1.40. The van der Waals surface area contributed by atoms with Crippen molar-refractivity contribution in [1.82, 2.24) is 9.80 Å². The van der Waals surface area contributed by atoms with Gasteiger partial charge >= 0.3 is 0 Å². The van der Waals surface area contributed by atoms with Crippen molar-refractivity contribution >= 4 is 15.9 Å². The first-order chi connectivity index (χ1) is 4.25. The fraction of sp³-hybridized carbons (Fsp3) is 0.667. The van der Waals surface area contributed by atoms with Gasteiger partial charge in [-0.1, -0.05) is 0 Å². The highest BCUT2D eigenvalue weighted by atomic mass is 79.9. The number of hydrogen-bond acceptors (Lipinski definition) is 2. The van der Waals surface area contributed by atoms with Gasteiger partial charge in [-0.2, -0.15) is 0 Å². The van der Waals surface area contributed by atoms with Crippen LogP contribution in [0.25, 0.3) is 0 Å². The lowest BCUT2D eigenvalue weighted by Gasteiger charge is -2.23. The maximum Gasteiger partial charge on any atom is 0.158 e. The van der Waals surface area contributed by atoms with Gasteiger partial charge in [0.15, 0.2) is 5.08 Å². The Hall–Kier alpha value is -0.180. The van der Waals surface area contributed by atoms with Gasteiger partial charge in [-0.15, -0.1) is 0 Å². The number of hydrogen-bond donors (Lipinski definition) is 0. The van der Waals surface area contributed by atoms with Crippen molar-refractivity contribution in [3.8, 4) is 0 Å². The highest BCUT2D eigenvalue weighted by Gasteiger charge is 2.17. The molecule has 0 fully saturated rings. The van der Waals surface area contributed by atoms with E-state index in [1.54, 1.807) is 0 Å². The molecule has 1 unspecified atom stereocenters. The quantitative estimate of drug-likeness (QED) is 0.456. The van der Waals surface area contributed by atoms with E-state index in [1.807, 2.05) is 7.05 Å². The molecule has 0 spiro atoms. The van der Waals surface area contributed by atoms with Gasteiger partial charge in [0, 0.05) is 26.0 Å². The molecule has 0 aromatic heterocycles. The molecule has 1 heterocycles. The van der Waals surface area contributed by atoms with E-state index >= 15 is 0 Å². The van der Waals surface area contributed by atoms with E-state index < -0.39 is 0 Å². The Kier molecular flexibility index (Phi) is 2.01. The van der Waals surface area contributed by atoms with Crippen molar-refractivity contribution in [3.05, 3.63) is 12.4 Å². The van der Waals surface area contributed by atoms with Gasteiger partial charge in [-0.3, -0.25) is 0 Å². The molecule has 2 nitrogen and oxygen atoms in total. The van der Waals surface area contributed by atoms with Crippen LogP contribution >= 0.6 is 15.9 Å². The summed E-state index contributed by atoms with van der Waals surface area (Å²) < 4.78 is 0. The SMILES string of the molecule is CCN1C=CN(C)C1Br. The summed E-state index contributed by atoms with van der Waals surface area (Å²) in [5, 5.41) is 0.363. The molecule has 0 amide bonds. The maximum absolute atomic E-state index is 3.52. The smallest absolute Gasteiger partial charge is 0.158 e. The molecule has 0 aliphatic carbocycles. The predicted molar refractivity (Wildman–Crippen MR) is 42.0 cm³/mol. The topological polar surface area (TPSA) is 6.48 Å². The maximum atomic E-state index is 3.52. The first-order valence-electron chi connectivity index (χ1n) is 3.05. The third-order valence-electron chi connectivity index (χ3n) is 1.47. The van der Waals surface area contributed by atoms with Crippen molar-refractivity contribution < 1.29 is 0 Å². The zero-order valence-electron chi connectivity index (χ0n) is 5.71. The summed E-state index contributed by atoms with van der Waals surface area (Å²) in [6.45, 7) is 3.19. The Morgan fingerprint density at radius 2 is 2.22 bits per heavy atom. The van der Waals surface area contributed by atoms with Gasteiger partial charge in [0.05, 0.1) is 0 Å². The first-order valence-corrected chi connectivity index (χ1v) is 3.97. The largest absolute Gasteiger partial charge is 0.350 e. The standard InChI is InChI=1S/C6H11BrN2/c1-3-9-5-4-8(2)6(9)7/h4-6H,3H2,1-2H3. The summed E-state index contributed by atoms with van der Waals surface area (Å²) in [5.74, 6) is 0. The fourth-order valence-corrected chi connectivity index (χ4v) is 1.39. The minimum absolute atomic E-state index is 0.363.